The minimum Gasteiger partial charge on any atom is -0.298 e. The van der Waals surface area contributed by atoms with Crippen LogP contribution in [0.15, 0.2) is 34.2 Å². The third-order valence-corrected chi connectivity index (χ3v) is 8.72. The van der Waals surface area contributed by atoms with E-state index in [1.54, 1.807) is 4.57 Å². The Kier molecular flexibility index (Phi) is 4.84. The van der Waals surface area contributed by atoms with Gasteiger partial charge in [0, 0.05) is 11.5 Å². The number of hydrogen-bond donors (Lipinski definition) is 0. The van der Waals surface area contributed by atoms with E-state index in [9.17, 15) is 9.59 Å². The Morgan fingerprint density at radius 3 is 2.41 bits per heavy atom. The Balaban J connectivity index is 1.43. The summed E-state index contributed by atoms with van der Waals surface area (Å²) in [7, 11) is 0. The average molecular weight is 411 g/mol. The summed E-state index contributed by atoms with van der Waals surface area (Å²) in [4.78, 5) is 31.4. The molecule has 1 heterocycles. The number of benzene rings is 1. The highest BCUT2D eigenvalue weighted by Crippen LogP contribution is 2.60. The van der Waals surface area contributed by atoms with Crippen LogP contribution < -0.4 is 5.56 Å². The number of carbonyl (C=O) groups excluding carboxylic acids is 1. The number of para-hydroxylation sites is 1. The van der Waals surface area contributed by atoms with Crippen molar-refractivity contribution in [3.63, 3.8) is 0 Å². The summed E-state index contributed by atoms with van der Waals surface area (Å²) in [6.45, 7) is 4.14. The molecule has 29 heavy (non-hydrogen) atoms. The molecule has 5 heteroatoms. The predicted octanol–water partition coefficient (Wildman–Crippen LogP) is 5.25. The van der Waals surface area contributed by atoms with Gasteiger partial charge < -0.3 is 0 Å². The SMILES string of the molecule is CCC(C)n1c(SCC(=O)C23CC4CC(CC(C4)C2)C3)nc2ccccc2c1=O. The van der Waals surface area contributed by atoms with E-state index in [1.807, 2.05) is 24.3 Å². The number of nitrogens with zero attached hydrogens (tertiary/aromatic N) is 2. The summed E-state index contributed by atoms with van der Waals surface area (Å²) < 4.78 is 1.81. The molecule has 4 aliphatic rings. The Morgan fingerprint density at radius 1 is 1.17 bits per heavy atom. The molecule has 1 unspecified atom stereocenters. The van der Waals surface area contributed by atoms with Gasteiger partial charge in [0.25, 0.3) is 5.56 Å². The van der Waals surface area contributed by atoms with Gasteiger partial charge in [0.2, 0.25) is 0 Å². The first-order valence-corrected chi connectivity index (χ1v) is 12.1. The van der Waals surface area contributed by atoms with Gasteiger partial charge in [-0.05, 0) is 81.8 Å². The number of fused-ring (bicyclic) bond motifs is 1. The third kappa shape index (κ3) is 3.26. The average Bonchev–Trinajstić information content (AvgIpc) is 2.70. The second-order valence-corrected chi connectivity index (χ2v) is 10.7. The molecule has 2 aromatic rings. The van der Waals surface area contributed by atoms with Crippen molar-refractivity contribution >= 4 is 28.4 Å². The van der Waals surface area contributed by atoms with Crippen LogP contribution in [-0.2, 0) is 4.79 Å². The molecule has 1 aromatic carbocycles. The highest BCUT2D eigenvalue weighted by atomic mass is 32.2. The van der Waals surface area contributed by atoms with Gasteiger partial charge in [-0.25, -0.2) is 4.98 Å². The smallest absolute Gasteiger partial charge is 0.262 e. The van der Waals surface area contributed by atoms with E-state index in [1.165, 1.54) is 31.0 Å². The highest BCUT2D eigenvalue weighted by Gasteiger charge is 2.54. The maximum absolute atomic E-state index is 13.4. The van der Waals surface area contributed by atoms with Crippen LogP contribution in [0.3, 0.4) is 0 Å². The van der Waals surface area contributed by atoms with Crippen molar-refractivity contribution < 1.29 is 4.79 Å². The van der Waals surface area contributed by atoms with Crippen LogP contribution in [0.4, 0.5) is 0 Å². The van der Waals surface area contributed by atoms with Gasteiger partial charge in [-0.3, -0.25) is 14.2 Å². The first kappa shape index (κ1) is 19.3. The van der Waals surface area contributed by atoms with Crippen molar-refractivity contribution in [3.8, 4) is 0 Å². The molecule has 0 N–H and O–H groups in total. The van der Waals surface area contributed by atoms with E-state index in [2.05, 4.69) is 13.8 Å². The second-order valence-electron chi connectivity index (χ2n) is 9.75. The maximum atomic E-state index is 13.4. The van der Waals surface area contributed by atoms with Crippen molar-refractivity contribution in [1.29, 1.82) is 0 Å². The van der Waals surface area contributed by atoms with Crippen molar-refractivity contribution in [1.82, 2.24) is 9.55 Å². The van der Waals surface area contributed by atoms with Gasteiger partial charge in [0.15, 0.2) is 5.16 Å². The number of Topliss-reactive ketones (excluding diaryl/α,β-unsaturated/α-hetero) is 1. The van der Waals surface area contributed by atoms with Gasteiger partial charge in [0.1, 0.15) is 5.78 Å². The predicted molar refractivity (Wildman–Crippen MR) is 117 cm³/mol. The van der Waals surface area contributed by atoms with Crippen LogP contribution in [0, 0.1) is 23.2 Å². The standard InChI is InChI=1S/C24H30N2O2S/c1-3-15(2)26-22(28)19-6-4-5-7-20(19)25-23(26)29-14-21(27)24-11-16-8-17(12-24)10-18(9-16)13-24/h4-7,15-18H,3,8-14H2,1-2H3. The number of thioether (sulfide) groups is 1. The fourth-order valence-corrected chi connectivity index (χ4v) is 7.67. The van der Waals surface area contributed by atoms with Crippen molar-refractivity contribution in [2.45, 2.75) is 70.0 Å². The van der Waals surface area contributed by atoms with E-state index < -0.39 is 0 Å². The van der Waals surface area contributed by atoms with Gasteiger partial charge in [-0.2, -0.15) is 0 Å². The summed E-state index contributed by atoms with van der Waals surface area (Å²) in [5.41, 5.74) is 0.650. The fraction of sp³-hybridized carbons (Fsp3) is 0.625. The molecule has 0 spiro atoms. The molecule has 1 aromatic heterocycles. The van der Waals surface area contributed by atoms with E-state index >= 15 is 0 Å². The minimum atomic E-state index is -0.0832. The molecule has 0 amide bonds. The first-order valence-electron chi connectivity index (χ1n) is 11.2. The molecule has 4 fully saturated rings. The van der Waals surface area contributed by atoms with Crippen LogP contribution >= 0.6 is 11.8 Å². The lowest BCUT2D eigenvalue weighted by Gasteiger charge is -2.56. The molecular formula is C24H30N2O2S. The molecule has 154 valence electrons. The first-order chi connectivity index (χ1) is 14.0. The van der Waals surface area contributed by atoms with Crippen LogP contribution in [-0.4, -0.2) is 21.1 Å². The molecule has 1 atom stereocenters. The normalized spacial score (nSPS) is 31.3. The molecule has 6 rings (SSSR count). The molecule has 4 aliphatic carbocycles. The molecular weight excluding hydrogens is 380 g/mol. The molecule has 0 radical (unpaired) electrons. The lowest BCUT2D eigenvalue weighted by Crippen LogP contribution is -2.50. The quantitative estimate of drug-likeness (QED) is 0.482. The molecule has 4 nitrogen and oxygen atoms in total. The summed E-state index contributed by atoms with van der Waals surface area (Å²) in [5.74, 6) is 3.15. The van der Waals surface area contributed by atoms with E-state index in [0.29, 0.717) is 22.1 Å². The Bertz CT molecular complexity index is 976. The zero-order chi connectivity index (χ0) is 20.2. The van der Waals surface area contributed by atoms with Crippen LogP contribution in [0.1, 0.15) is 64.8 Å². The topological polar surface area (TPSA) is 52.0 Å². The molecule has 4 saturated carbocycles. The summed E-state index contributed by atoms with van der Waals surface area (Å²) in [5, 5.41) is 1.35. The highest BCUT2D eigenvalue weighted by molar-refractivity contribution is 7.99. The maximum Gasteiger partial charge on any atom is 0.262 e. The summed E-state index contributed by atoms with van der Waals surface area (Å²) in [6, 6.07) is 7.60. The zero-order valence-corrected chi connectivity index (χ0v) is 18.2. The van der Waals surface area contributed by atoms with Crippen LogP contribution in [0.2, 0.25) is 0 Å². The Hall–Kier alpha value is -1.62. The van der Waals surface area contributed by atoms with Gasteiger partial charge >= 0.3 is 0 Å². The van der Waals surface area contributed by atoms with Gasteiger partial charge in [0.05, 0.1) is 16.7 Å². The zero-order valence-electron chi connectivity index (χ0n) is 17.4. The number of rotatable bonds is 6. The Labute approximate surface area is 176 Å². The molecule has 4 bridgehead atoms. The van der Waals surface area contributed by atoms with Crippen molar-refractivity contribution in [2.24, 2.45) is 23.2 Å². The monoisotopic (exact) mass is 410 g/mol. The number of aromatic nitrogens is 2. The van der Waals surface area contributed by atoms with Gasteiger partial charge in [-0.15, -0.1) is 0 Å². The Morgan fingerprint density at radius 2 is 1.79 bits per heavy atom. The minimum absolute atomic E-state index is 0.00898. The number of ketones is 1. The summed E-state index contributed by atoms with van der Waals surface area (Å²) in [6.07, 6.45) is 8.19. The molecule has 0 aliphatic heterocycles. The molecule has 0 saturated heterocycles. The fourth-order valence-electron chi connectivity index (χ4n) is 6.53. The van der Waals surface area contributed by atoms with E-state index in [4.69, 9.17) is 4.98 Å². The lowest BCUT2D eigenvalue weighted by atomic mass is 9.48. The van der Waals surface area contributed by atoms with Crippen molar-refractivity contribution in [2.75, 3.05) is 5.75 Å². The third-order valence-electron chi connectivity index (χ3n) is 7.77. The number of hydrogen-bond acceptors (Lipinski definition) is 4. The van der Waals surface area contributed by atoms with E-state index in [0.717, 1.165) is 49.0 Å². The second kappa shape index (κ2) is 7.26. The van der Waals surface area contributed by atoms with Crippen LogP contribution in [0.25, 0.3) is 10.9 Å². The van der Waals surface area contributed by atoms with E-state index in [-0.39, 0.29) is 17.0 Å². The lowest BCUT2D eigenvalue weighted by molar-refractivity contribution is -0.141. The van der Waals surface area contributed by atoms with Crippen LogP contribution in [0.5, 0.6) is 0 Å². The van der Waals surface area contributed by atoms with Gasteiger partial charge in [-0.1, -0.05) is 30.8 Å². The van der Waals surface area contributed by atoms with Crippen molar-refractivity contribution in [3.05, 3.63) is 34.6 Å². The number of carbonyl (C=O) groups is 1. The summed E-state index contributed by atoms with van der Waals surface area (Å²) >= 11 is 1.48. The largest absolute Gasteiger partial charge is 0.298 e.